The van der Waals surface area contributed by atoms with Gasteiger partial charge in [-0.05, 0) is 30.2 Å². The number of nitrogens with one attached hydrogen (secondary N) is 1. The minimum absolute atomic E-state index is 0.419. The summed E-state index contributed by atoms with van der Waals surface area (Å²) in [7, 11) is 0. The molecule has 1 saturated carbocycles. The zero-order chi connectivity index (χ0) is 16.1. The predicted octanol–water partition coefficient (Wildman–Crippen LogP) is 1.33. The highest BCUT2D eigenvalue weighted by Gasteiger charge is 2.42. The van der Waals surface area contributed by atoms with E-state index in [0.717, 1.165) is 17.6 Å². The summed E-state index contributed by atoms with van der Waals surface area (Å²) in [5.41, 5.74) is 1.03. The molecule has 0 unspecified atom stereocenters. The lowest BCUT2D eigenvalue weighted by Crippen LogP contribution is -2.28. The van der Waals surface area contributed by atoms with Crippen LogP contribution in [0.1, 0.15) is 31.7 Å². The smallest absolute Gasteiger partial charge is 0.274 e. The van der Waals surface area contributed by atoms with Gasteiger partial charge in [0.15, 0.2) is 11.5 Å². The van der Waals surface area contributed by atoms with Crippen molar-refractivity contribution in [3.05, 3.63) is 57.1 Å². The topological polar surface area (TPSA) is 85.0 Å². The first-order chi connectivity index (χ1) is 11.0. The average Bonchev–Trinajstić information content (AvgIpc) is 3.16. The minimum Gasteiger partial charge on any atom is -0.274 e. The molecule has 0 spiro atoms. The average molecular weight is 311 g/mol. The van der Waals surface area contributed by atoms with Gasteiger partial charge in [0.25, 0.3) is 5.56 Å². The largest absolute Gasteiger partial charge is 0.334 e. The summed E-state index contributed by atoms with van der Waals surface area (Å²) in [4.78, 5) is 29.9. The van der Waals surface area contributed by atoms with Crippen LogP contribution in [-0.4, -0.2) is 24.1 Å². The molecular formula is C16H17N5O2. The Morgan fingerprint density at radius 3 is 2.83 bits per heavy atom. The standard InChI is InChI=1S/C16H17N5O2/c1-9(2)10-7-11(10)12-8-13(19-21-6-4-17-15(12)21)20-5-3-14(22)18-16(20)23/h3-6,8-11H,7H2,1-2H3,(H,18,22,23)/t10-,11+/m1/s1. The van der Waals surface area contributed by atoms with Crippen LogP contribution in [0.5, 0.6) is 0 Å². The van der Waals surface area contributed by atoms with E-state index < -0.39 is 11.2 Å². The number of rotatable bonds is 3. The molecule has 0 saturated heterocycles. The number of aromatic nitrogens is 5. The first-order valence-corrected chi connectivity index (χ1v) is 7.71. The zero-order valence-electron chi connectivity index (χ0n) is 12.9. The molecule has 2 atom stereocenters. The van der Waals surface area contributed by atoms with E-state index in [9.17, 15) is 9.59 Å². The van der Waals surface area contributed by atoms with Crippen LogP contribution in [0.4, 0.5) is 0 Å². The van der Waals surface area contributed by atoms with Gasteiger partial charge in [0.2, 0.25) is 0 Å². The molecule has 0 bridgehead atoms. The molecule has 0 radical (unpaired) electrons. The molecule has 4 rings (SSSR count). The summed E-state index contributed by atoms with van der Waals surface area (Å²) in [6.07, 6.45) is 6.05. The number of imidazole rings is 1. The molecule has 3 aromatic rings. The highest BCUT2D eigenvalue weighted by atomic mass is 16.2. The van der Waals surface area contributed by atoms with E-state index in [2.05, 4.69) is 28.9 Å². The molecule has 3 heterocycles. The lowest BCUT2D eigenvalue weighted by atomic mass is 10.0. The van der Waals surface area contributed by atoms with Crippen LogP contribution in [0.25, 0.3) is 11.5 Å². The molecule has 0 aliphatic heterocycles. The summed E-state index contributed by atoms with van der Waals surface area (Å²) < 4.78 is 3.04. The normalized spacial score (nSPS) is 20.3. The van der Waals surface area contributed by atoms with Gasteiger partial charge in [-0.1, -0.05) is 13.8 Å². The third kappa shape index (κ3) is 2.28. The van der Waals surface area contributed by atoms with E-state index in [1.54, 1.807) is 16.9 Å². The highest BCUT2D eigenvalue weighted by molar-refractivity contribution is 5.53. The SMILES string of the molecule is CC(C)[C@H]1C[C@@H]1c1cc(-n2ccc(=O)[nH]c2=O)nn2ccnc12. The van der Waals surface area contributed by atoms with Gasteiger partial charge in [-0.15, -0.1) is 5.10 Å². The Hall–Kier alpha value is -2.70. The molecule has 0 amide bonds. The molecule has 23 heavy (non-hydrogen) atoms. The lowest BCUT2D eigenvalue weighted by Gasteiger charge is -2.09. The Balaban J connectivity index is 1.89. The molecule has 3 aromatic heterocycles. The van der Waals surface area contributed by atoms with Gasteiger partial charge in [-0.3, -0.25) is 14.3 Å². The van der Waals surface area contributed by atoms with Crippen LogP contribution in [0, 0.1) is 11.8 Å². The Kier molecular flexibility index (Phi) is 2.97. The molecule has 118 valence electrons. The van der Waals surface area contributed by atoms with Crippen LogP contribution >= 0.6 is 0 Å². The van der Waals surface area contributed by atoms with E-state index in [-0.39, 0.29) is 0 Å². The Labute approximate surface area is 131 Å². The van der Waals surface area contributed by atoms with E-state index >= 15 is 0 Å². The second-order valence-corrected chi connectivity index (χ2v) is 6.38. The van der Waals surface area contributed by atoms with Crippen LogP contribution < -0.4 is 11.2 Å². The van der Waals surface area contributed by atoms with E-state index in [1.807, 2.05) is 6.07 Å². The number of H-pyrrole nitrogens is 1. The second kappa shape index (κ2) is 4.91. The molecule has 0 aromatic carbocycles. The van der Waals surface area contributed by atoms with Crippen LogP contribution in [0.15, 0.2) is 40.3 Å². The Morgan fingerprint density at radius 2 is 2.13 bits per heavy atom. The highest BCUT2D eigenvalue weighted by Crippen LogP contribution is 2.52. The third-order valence-corrected chi connectivity index (χ3v) is 4.54. The fraction of sp³-hybridized carbons (Fsp3) is 0.375. The quantitative estimate of drug-likeness (QED) is 0.790. The monoisotopic (exact) mass is 311 g/mol. The van der Waals surface area contributed by atoms with Crippen molar-refractivity contribution >= 4 is 5.65 Å². The molecule has 1 N–H and O–H groups in total. The molecule has 1 aliphatic rings. The molecule has 7 nitrogen and oxygen atoms in total. The number of fused-ring (bicyclic) bond motifs is 1. The fourth-order valence-electron chi connectivity index (χ4n) is 3.22. The summed E-state index contributed by atoms with van der Waals surface area (Å²) in [5.74, 6) is 2.18. The molecular weight excluding hydrogens is 294 g/mol. The minimum atomic E-state index is -0.494. The maximum atomic E-state index is 12.0. The van der Waals surface area contributed by atoms with Crippen molar-refractivity contribution in [1.82, 2.24) is 24.1 Å². The first kappa shape index (κ1) is 13.9. The summed E-state index contributed by atoms with van der Waals surface area (Å²) >= 11 is 0. The van der Waals surface area contributed by atoms with Crippen molar-refractivity contribution < 1.29 is 0 Å². The summed E-state index contributed by atoms with van der Waals surface area (Å²) in [6.45, 7) is 4.45. The van der Waals surface area contributed by atoms with Gasteiger partial charge in [0.05, 0.1) is 0 Å². The zero-order valence-corrected chi connectivity index (χ0v) is 12.9. The Bertz CT molecular complexity index is 997. The molecule has 1 fully saturated rings. The number of hydrogen-bond acceptors (Lipinski definition) is 4. The second-order valence-electron chi connectivity index (χ2n) is 6.38. The maximum Gasteiger partial charge on any atom is 0.334 e. The van der Waals surface area contributed by atoms with Gasteiger partial charge in [-0.25, -0.2) is 14.3 Å². The van der Waals surface area contributed by atoms with Crippen molar-refractivity contribution in [1.29, 1.82) is 0 Å². The van der Waals surface area contributed by atoms with Gasteiger partial charge in [-0.2, -0.15) is 0 Å². The van der Waals surface area contributed by atoms with Gasteiger partial charge < -0.3 is 0 Å². The molecule has 1 aliphatic carbocycles. The van der Waals surface area contributed by atoms with Crippen LogP contribution in [0.2, 0.25) is 0 Å². The van der Waals surface area contributed by atoms with Crippen molar-refractivity contribution in [2.75, 3.05) is 0 Å². The summed E-state index contributed by atoms with van der Waals surface area (Å²) in [6, 6.07) is 3.23. The van der Waals surface area contributed by atoms with Crippen LogP contribution in [-0.2, 0) is 0 Å². The van der Waals surface area contributed by atoms with Crippen molar-refractivity contribution in [3.8, 4) is 5.82 Å². The number of nitrogens with zero attached hydrogens (tertiary/aromatic N) is 4. The van der Waals surface area contributed by atoms with Gasteiger partial charge in [0, 0.05) is 30.2 Å². The fourth-order valence-corrected chi connectivity index (χ4v) is 3.22. The van der Waals surface area contributed by atoms with Crippen LogP contribution in [0.3, 0.4) is 0 Å². The lowest BCUT2D eigenvalue weighted by molar-refractivity contribution is 0.548. The first-order valence-electron chi connectivity index (χ1n) is 7.71. The van der Waals surface area contributed by atoms with Gasteiger partial charge in [0.1, 0.15) is 0 Å². The number of aromatic amines is 1. The predicted molar refractivity (Wildman–Crippen MR) is 84.9 cm³/mol. The maximum absolute atomic E-state index is 12.0. The number of hydrogen-bond donors (Lipinski definition) is 1. The third-order valence-electron chi connectivity index (χ3n) is 4.54. The van der Waals surface area contributed by atoms with Crippen molar-refractivity contribution in [2.24, 2.45) is 11.8 Å². The van der Waals surface area contributed by atoms with Crippen molar-refractivity contribution in [3.63, 3.8) is 0 Å². The van der Waals surface area contributed by atoms with E-state index in [4.69, 9.17) is 0 Å². The molecule has 7 heteroatoms. The van der Waals surface area contributed by atoms with E-state index in [1.165, 1.54) is 16.8 Å². The van der Waals surface area contributed by atoms with E-state index in [0.29, 0.717) is 23.6 Å². The van der Waals surface area contributed by atoms with Crippen molar-refractivity contribution in [2.45, 2.75) is 26.2 Å². The summed E-state index contributed by atoms with van der Waals surface area (Å²) in [5, 5.41) is 4.43. The Morgan fingerprint density at radius 1 is 1.30 bits per heavy atom. The van der Waals surface area contributed by atoms with Gasteiger partial charge >= 0.3 is 5.69 Å².